The van der Waals surface area contributed by atoms with Crippen LogP contribution in [-0.4, -0.2) is 12.6 Å². The fourth-order valence-corrected chi connectivity index (χ4v) is 0. The van der Waals surface area contributed by atoms with Crippen LogP contribution in [0.5, 0.6) is 0 Å². The molecule has 0 aromatic heterocycles. The molecule has 0 radical (unpaired) electrons. The van der Waals surface area contributed by atoms with Gasteiger partial charge in [-0.25, -0.2) is 0 Å². The molecule has 0 unspecified atom stereocenters. The van der Waals surface area contributed by atoms with Gasteiger partial charge in [0.05, 0.1) is 7.11 Å². The maximum Gasteiger partial charge on any atom is 0.145 e. The van der Waals surface area contributed by atoms with Gasteiger partial charge in [0.15, 0.2) is 0 Å². The van der Waals surface area contributed by atoms with Crippen LogP contribution in [0, 0.1) is 0 Å². The van der Waals surface area contributed by atoms with Gasteiger partial charge in [0.25, 0.3) is 0 Å². The van der Waals surface area contributed by atoms with Gasteiger partial charge in [-0.15, -0.1) is 0 Å². The molecule has 0 aliphatic heterocycles. The van der Waals surface area contributed by atoms with E-state index in [0.29, 0.717) is 0 Å². The first-order valence-corrected chi connectivity index (χ1v) is 1.22. The van der Waals surface area contributed by atoms with Crippen LogP contribution < -0.4 is 0 Å². The second kappa shape index (κ2) is 2.89. The van der Waals surface area contributed by atoms with Crippen LogP contribution in [0.25, 0.3) is 0 Å². The summed E-state index contributed by atoms with van der Waals surface area (Å²) < 4.78 is 10.5. The lowest BCUT2D eigenvalue weighted by Gasteiger charge is -1.70. The van der Waals surface area contributed by atoms with Gasteiger partial charge in [0.1, 0.15) is 6.90 Å². The van der Waals surface area contributed by atoms with E-state index < -0.39 is 0 Å². The molecule has 0 aliphatic rings. The number of thiocarbonyl (C=S) groups is 1. The first kappa shape index (κ1) is 2.15. The third-order valence-electron chi connectivity index (χ3n) is 0.0833. The van der Waals surface area contributed by atoms with E-state index in [0.717, 1.165) is 0 Å². The Bertz CT molecular complexity index is 44.9. The predicted octanol–water partition coefficient (Wildman–Crippen LogP) is 0.590. The van der Waals surface area contributed by atoms with Gasteiger partial charge in [-0.2, -0.15) is 0 Å². The van der Waals surface area contributed by atoms with E-state index in [4.69, 9.17) is 1.37 Å². The smallest absolute Gasteiger partial charge is 0.145 e. The summed E-state index contributed by atoms with van der Waals surface area (Å²) in [6.45, 7) is 0. The molecule has 4 heavy (non-hydrogen) atoms. The second-order valence-corrected chi connectivity index (χ2v) is 0.454. The maximum atomic E-state index is 6.34. The van der Waals surface area contributed by atoms with E-state index in [-0.39, 0.29) is 5.53 Å². The molecule has 1 nitrogen and oxygen atoms in total. The Morgan fingerprint density at radius 2 is 2.75 bits per heavy atom. The molecule has 24 valence electrons. The highest BCUT2D eigenvalue weighted by Crippen LogP contribution is 1.45. The molecule has 0 aliphatic carbocycles. The Morgan fingerprint density at radius 1 is 2.50 bits per heavy atom. The van der Waals surface area contributed by atoms with Crippen molar-refractivity contribution < 1.29 is 6.11 Å². The van der Waals surface area contributed by atoms with Crippen LogP contribution >= 0.6 is 12.2 Å². The van der Waals surface area contributed by atoms with Gasteiger partial charge in [-0.1, -0.05) is 0 Å². The Kier molecular flexibility index (Phi) is 1.55. The lowest BCUT2D eigenvalue weighted by molar-refractivity contribution is 0.432. The van der Waals surface area contributed by atoms with Crippen molar-refractivity contribution in [3.05, 3.63) is 0 Å². The number of rotatable bonds is 0. The number of hydrogen-bond acceptors (Lipinski definition) is 2. The number of ether oxygens (including phenoxy) is 1. The first-order chi connectivity index (χ1) is 2.27. The average Bonchev–Trinajstić information content (AvgIpc) is 1.38. The maximum absolute atomic E-state index is 6.34. The Morgan fingerprint density at radius 3 is 2.75 bits per heavy atom. The summed E-state index contributed by atoms with van der Waals surface area (Å²) in [6, 6.07) is 0. The zero-order valence-corrected chi connectivity index (χ0v) is 3.13. The zero-order valence-electron chi connectivity index (χ0n) is 3.32. The summed E-state index contributed by atoms with van der Waals surface area (Å²) >= 11 is 4.14. The van der Waals surface area contributed by atoms with Crippen LogP contribution in [0.15, 0.2) is 0 Å². The third kappa shape index (κ3) is 1.89. The van der Waals surface area contributed by atoms with Gasteiger partial charge in [0, 0.05) is 0 Å². The molecule has 0 spiro atoms. The van der Waals surface area contributed by atoms with Crippen LogP contribution in [0.4, 0.5) is 0 Å². The van der Waals surface area contributed by atoms with E-state index in [1.54, 1.807) is 0 Å². The average molecular weight is 78.1 g/mol. The fraction of sp³-hybridized carbons (Fsp3) is 0.500. The minimum Gasteiger partial charge on any atom is -0.493 e. The van der Waals surface area contributed by atoms with E-state index in [2.05, 4.69) is 17.0 Å². The van der Waals surface area contributed by atoms with Gasteiger partial charge >= 0.3 is 0 Å². The quantitative estimate of drug-likeness (QED) is 0.392. The molecule has 0 amide bonds. The molecule has 0 rings (SSSR count). The van der Waals surface area contributed by atoms with Gasteiger partial charge in [0.2, 0.25) is 0 Å². The van der Waals surface area contributed by atoms with E-state index in [1.165, 1.54) is 7.11 Å². The highest BCUT2D eigenvalue weighted by Gasteiger charge is 1.39. The largest absolute Gasteiger partial charge is 0.493 e. The van der Waals surface area contributed by atoms with Crippen molar-refractivity contribution in [1.29, 1.82) is 0 Å². The summed E-state index contributed by atoms with van der Waals surface area (Å²) in [5.41, 5.74) is -0.162. The normalized spacial score (nSPS) is 8.75. The fourth-order valence-electron chi connectivity index (χ4n) is 0. The third-order valence-corrected chi connectivity index (χ3v) is 0.250. The SMILES string of the molecule is [3H]C(=S)OC. The zero-order chi connectivity index (χ0) is 4.28. The van der Waals surface area contributed by atoms with Crippen molar-refractivity contribution in [2.24, 2.45) is 0 Å². The van der Waals surface area contributed by atoms with Crippen LogP contribution in [0.1, 0.15) is 1.37 Å². The minimum absolute atomic E-state index is 0.162. The predicted molar refractivity (Wildman–Crippen MR) is 20.7 cm³/mol. The van der Waals surface area contributed by atoms with Crippen molar-refractivity contribution >= 4 is 17.7 Å². The van der Waals surface area contributed by atoms with Crippen molar-refractivity contribution in [3.63, 3.8) is 0 Å². The van der Waals surface area contributed by atoms with Crippen LogP contribution in [0.3, 0.4) is 0 Å². The van der Waals surface area contributed by atoms with Crippen molar-refractivity contribution in [2.75, 3.05) is 7.11 Å². The highest BCUT2D eigenvalue weighted by atomic mass is 32.1. The minimum atomic E-state index is -0.162. The van der Waals surface area contributed by atoms with Crippen LogP contribution in [-0.2, 0) is 4.74 Å². The van der Waals surface area contributed by atoms with E-state index in [9.17, 15) is 0 Å². The molecule has 0 aromatic rings. The lowest BCUT2D eigenvalue weighted by atomic mass is 11.5. The van der Waals surface area contributed by atoms with Crippen molar-refractivity contribution in [3.8, 4) is 0 Å². The molecule has 0 N–H and O–H groups in total. The molecule has 0 atom stereocenters. The first-order valence-electron chi connectivity index (χ1n) is 1.32. The monoisotopic (exact) mass is 78.0 g/mol. The summed E-state index contributed by atoms with van der Waals surface area (Å²) in [6.07, 6.45) is 0. The summed E-state index contributed by atoms with van der Waals surface area (Å²) in [5.74, 6) is 0. The number of methoxy groups -OCH3 is 1. The molecular weight excluding hydrogens is 72.1 g/mol. The van der Waals surface area contributed by atoms with Crippen molar-refractivity contribution in [2.45, 2.75) is 0 Å². The highest BCUT2D eigenvalue weighted by molar-refractivity contribution is 7.78. The molecule has 0 saturated carbocycles. The van der Waals surface area contributed by atoms with E-state index in [1.807, 2.05) is 0 Å². The van der Waals surface area contributed by atoms with Gasteiger partial charge < -0.3 is 4.74 Å². The molecule has 0 aromatic carbocycles. The van der Waals surface area contributed by atoms with Gasteiger partial charge in [-0.3, -0.25) is 0 Å². The van der Waals surface area contributed by atoms with Gasteiger partial charge in [-0.05, 0) is 12.2 Å². The molecule has 0 heterocycles. The number of hydrogen-bond donors (Lipinski definition) is 0. The van der Waals surface area contributed by atoms with Crippen molar-refractivity contribution in [1.82, 2.24) is 0 Å². The molecule has 0 saturated heterocycles. The second-order valence-electron chi connectivity index (χ2n) is 0.287. The standard InChI is InChI=1S/C2H4OS/c1-3-2-4/h2H,1H3/i2T. The van der Waals surface area contributed by atoms with Crippen LogP contribution in [0.2, 0.25) is 0 Å². The Labute approximate surface area is 32.0 Å². The molecular formula is C2H4OS. The Hall–Kier alpha value is -0.110. The Balaban J connectivity index is 2.85. The molecule has 0 fully saturated rings. The topological polar surface area (TPSA) is 9.23 Å². The molecule has 2 heteroatoms. The van der Waals surface area contributed by atoms with E-state index >= 15 is 0 Å². The summed E-state index contributed by atoms with van der Waals surface area (Å²) in [7, 11) is 1.37. The lowest BCUT2D eigenvalue weighted by Crippen LogP contribution is -1.64. The molecule has 0 bridgehead atoms. The summed E-state index contributed by atoms with van der Waals surface area (Å²) in [4.78, 5) is 0. The summed E-state index contributed by atoms with van der Waals surface area (Å²) in [5, 5.41) is 0.